The van der Waals surface area contributed by atoms with Crippen molar-refractivity contribution in [1.82, 2.24) is 0 Å². The van der Waals surface area contributed by atoms with Gasteiger partial charge < -0.3 is 0 Å². The SMILES string of the molecule is CCCCCCCCCCc1ccc(C[SeH])cc1. The van der Waals surface area contributed by atoms with Crippen molar-refractivity contribution >= 4 is 16.0 Å². The van der Waals surface area contributed by atoms with Crippen LogP contribution in [0, 0.1) is 0 Å². The zero-order chi connectivity index (χ0) is 13.1. The van der Waals surface area contributed by atoms with Gasteiger partial charge in [0.25, 0.3) is 0 Å². The molecule has 0 spiro atoms. The van der Waals surface area contributed by atoms with Crippen molar-refractivity contribution < 1.29 is 0 Å². The summed E-state index contributed by atoms with van der Waals surface area (Å²) in [4.78, 5) is 0. The summed E-state index contributed by atoms with van der Waals surface area (Å²) in [5, 5.41) is 1.09. The van der Waals surface area contributed by atoms with Gasteiger partial charge in [0.05, 0.1) is 0 Å². The summed E-state index contributed by atoms with van der Waals surface area (Å²) in [5.41, 5.74) is 2.93. The Bertz CT molecular complexity index is 289. The molecule has 0 radical (unpaired) electrons. The van der Waals surface area contributed by atoms with Gasteiger partial charge in [0, 0.05) is 0 Å². The Hall–Kier alpha value is -0.261. The first-order chi connectivity index (χ1) is 8.86. The van der Waals surface area contributed by atoms with Crippen LogP contribution in [0.1, 0.15) is 69.4 Å². The maximum atomic E-state index is 2.64. The fraction of sp³-hybridized carbons (Fsp3) is 0.647. The van der Waals surface area contributed by atoms with Crippen molar-refractivity contribution in [2.75, 3.05) is 0 Å². The molecule has 0 heterocycles. The molecular formula is C17H28Se. The summed E-state index contributed by atoms with van der Waals surface area (Å²) >= 11 is 2.64. The van der Waals surface area contributed by atoms with Gasteiger partial charge in [-0.25, -0.2) is 0 Å². The van der Waals surface area contributed by atoms with Crippen molar-refractivity contribution in [2.24, 2.45) is 0 Å². The summed E-state index contributed by atoms with van der Waals surface area (Å²) in [5.74, 6) is 0. The second-order valence-corrected chi connectivity index (χ2v) is 5.86. The molecule has 0 N–H and O–H groups in total. The van der Waals surface area contributed by atoms with Gasteiger partial charge in [0.2, 0.25) is 0 Å². The van der Waals surface area contributed by atoms with Crippen LogP contribution in [0.25, 0.3) is 0 Å². The second-order valence-electron chi connectivity index (χ2n) is 5.20. The van der Waals surface area contributed by atoms with Crippen LogP contribution in [0.2, 0.25) is 0 Å². The summed E-state index contributed by atoms with van der Waals surface area (Å²) < 4.78 is 0. The van der Waals surface area contributed by atoms with Crippen molar-refractivity contribution in [3.05, 3.63) is 35.4 Å². The molecule has 1 aromatic carbocycles. The number of benzene rings is 1. The van der Waals surface area contributed by atoms with Crippen molar-refractivity contribution in [3.63, 3.8) is 0 Å². The van der Waals surface area contributed by atoms with Crippen molar-refractivity contribution in [3.8, 4) is 0 Å². The number of aryl methyl sites for hydroxylation is 1. The van der Waals surface area contributed by atoms with E-state index in [0.717, 1.165) is 5.32 Å². The second kappa shape index (κ2) is 10.6. The van der Waals surface area contributed by atoms with Crippen LogP contribution in [0.3, 0.4) is 0 Å². The van der Waals surface area contributed by atoms with Crippen LogP contribution in [0.4, 0.5) is 0 Å². The van der Waals surface area contributed by atoms with E-state index in [0.29, 0.717) is 0 Å². The predicted molar refractivity (Wildman–Crippen MR) is 83.6 cm³/mol. The third-order valence-corrected chi connectivity index (χ3v) is 4.29. The molecule has 1 aromatic rings. The number of rotatable bonds is 10. The first-order valence-electron chi connectivity index (χ1n) is 7.55. The fourth-order valence-corrected chi connectivity index (χ4v) is 2.72. The van der Waals surface area contributed by atoms with Gasteiger partial charge in [-0.15, -0.1) is 0 Å². The molecule has 18 heavy (non-hydrogen) atoms. The Morgan fingerprint density at radius 2 is 1.22 bits per heavy atom. The molecule has 0 aliphatic rings. The number of hydrogen-bond acceptors (Lipinski definition) is 0. The Labute approximate surface area is 121 Å². The van der Waals surface area contributed by atoms with E-state index >= 15 is 0 Å². The van der Waals surface area contributed by atoms with Crippen molar-refractivity contribution in [2.45, 2.75) is 70.0 Å². The molecule has 1 rings (SSSR count). The predicted octanol–water partition coefficient (Wildman–Crippen LogP) is 4.77. The molecule has 0 saturated heterocycles. The monoisotopic (exact) mass is 312 g/mol. The molecule has 1 heteroatoms. The summed E-state index contributed by atoms with van der Waals surface area (Å²) in [6, 6.07) is 9.12. The average molecular weight is 311 g/mol. The molecule has 0 amide bonds. The van der Waals surface area contributed by atoms with Gasteiger partial charge in [-0.2, -0.15) is 0 Å². The van der Waals surface area contributed by atoms with E-state index in [-0.39, 0.29) is 0 Å². The van der Waals surface area contributed by atoms with Crippen LogP contribution in [-0.4, -0.2) is 16.0 Å². The average Bonchev–Trinajstić information content (AvgIpc) is 2.42. The van der Waals surface area contributed by atoms with Crippen molar-refractivity contribution in [1.29, 1.82) is 0 Å². The molecule has 0 aliphatic carbocycles. The minimum atomic E-state index is 1.09. The molecule has 0 fully saturated rings. The van der Waals surface area contributed by atoms with E-state index in [1.165, 1.54) is 68.9 Å². The van der Waals surface area contributed by atoms with Crippen LogP contribution in [-0.2, 0) is 11.7 Å². The normalized spacial score (nSPS) is 10.8. The molecule has 0 atom stereocenters. The molecule has 0 nitrogen and oxygen atoms in total. The quantitative estimate of drug-likeness (QED) is 0.431. The van der Waals surface area contributed by atoms with Crippen LogP contribution < -0.4 is 0 Å². The number of hydrogen-bond donors (Lipinski definition) is 0. The Balaban J connectivity index is 2.00. The van der Waals surface area contributed by atoms with E-state index in [1.807, 2.05) is 0 Å². The maximum absolute atomic E-state index is 2.64. The van der Waals surface area contributed by atoms with Gasteiger partial charge in [0.1, 0.15) is 0 Å². The molecule has 102 valence electrons. The van der Waals surface area contributed by atoms with Gasteiger partial charge in [-0.1, -0.05) is 19.8 Å². The Kier molecular flexibility index (Phi) is 9.34. The van der Waals surface area contributed by atoms with Gasteiger partial charge in [-0.3, -0.25) is 0 Å². The van der Waals surface area contributed by atoms with Crippen LogP contribution in [0.5, 0.6) is 0 Å². The fourth-order valence-electron chi connectivity index (χ4n) is 2.27. The standard InChI is InChI=1S/C17H28Se/c1-2-3-4-5-6-7-8-9-10-16-11-13-17(15-18)14-12-16/h11-14,18H,2-10,15H2,1H3. The molecule has 0 unspecified atom stereocenters. The zero-order valence-corrected chi connectivity index (χ0v) is 13.7. The van der Waals surface area contributed by atoms with E-state index in [9.17, 15) is 0 Å². The first kappa shape index (κ1) is 15.8. The van der Waals surface area contributed by atoms with Gasteiger partial charge in [0.15, 0.2) is 0 Å². The molecular weight excluding hydrogens is 283 g/mol. The van der Waals surface area contributed by atoms with Crippen LogP contribution >= 0.6 is 0 Å². The minimum absolute atomic E-state index is 1.09. The van der Waals surface area contributed by atoms with Gasteiger partial charge >= 0.3 is 102 Å². The zero-order valence-electron chi connectivity index (χ0n) is 11.8. The first-order valence-corrected chi connectivity index (χ1v) is 8.88. The molecule has 0 saturated carbocycles. The Morgan fingerprint density at radius 3 is 1.78 bits per heavy atom. The summed E-state index contributed by atoms with van der Waals surface area (Å²) in [6.07, 6.45) is 12.5. The number of unbranched alkanes of at least 4 members (excludes halogenated alkanes) is 7. The Morgan fingerprint density at radius 1 is 0.722 bits per heavy atom. The molecule has 0 bridgehead atoms. The van der Waals surface area contributed by atoms with E-state index in [2.05, 4.69) is 47.2 Å². The van der Waals surface area contributed by atoms with E-state index in [1.54, 1.807) is 0 Å². The van der Waals surface area contributed by atoms with Crippen LogP contribution in [0.15, 0.2) is 24.3 Å². The third kappa shape index (κ3) is 7.24. The molecule has 0 aromatic heterocycles. The van der Waals surface area contributed by atoms with E-state index < -0.39 is 0 Å². The summed E-state index contributed by atoms with van der Waals surface area (Å²) in [7, 11) is 0. The third-order valence-electron chi connectivity index (χ3n) is 3.52. The topological polar surface area (TPSA) is 0 Å². The van der Waals surface area contributed by atoms with E-state index in [4.69, 9.17) is 0 Å². The molecule has 0 aliphatic heterocycles. The summed E-state index contributed by atoms with van der Waals surface area (Å²) in [6.45, 7) is 2.28. The van der Waals surface area contributed by atoms with Gasteiger partial charge in [-0.05, 0) is 0 Å².